The zero-order chi connectivity index (χ0) is 9.40. The van der Waals surface area contributed by atoms with Crippen LogP contribution in [0.15, 0.2) is 24.8 Å². The third-order valence-electron chi connectivity index (χ3n) is 1.38. The van der Waals surface area contributed by atoms with Gasteiger partial charge in [0, 0.05) is 6.08 Å². The molecule has 1 amide bonds. The molecule has 68 valence electrons. The molecule has 0 aliphatic carbocycles. The Labute approximate surface area is 73.1 Å². The van der Waals surface area contributed by atoms with Gasteiger partial charge in [-0.05, 0) is 12.3 Å². The van der Waals surface area contributed by atoms with E-state index in [4.69, 9.17) is 0 Å². The van der Waals surface area contributed by atoms with E-state index in [0.717, 1.165) is 6.42 Å². The largest absolute Gasteiger partial charge is 0.277 e. The van der Waals surface area contributed by atoms with Gasteiger partial charge in [0.1, 0.15) is 0 Å². The Bertz CT molecular complexity index is 175. The average Bonchev–Trinajstić information content (AvgIpc) is 2.04. The average molecular weight is 169 g/mol. The van der Waals surface area contributed by atoms with Crippen LogP contribution in [-0.4, -0.2) is 13.0 Å². The van der Waals surface area contributed by atoms with Crippen LogP contribution in [0, 0.1) is 5.92 Å². The minimum absolute atomic E-state index is 0.242. The van der Waals surface area contributed by atoms with E-state index in [1.54, 1.807) is 6.08 Å². The molecule has 0 aromatic rings. The first-order valence-corrected chi connectivity index (χ1v) is 3.82. The highest BCUT2D eigenvalue weighted by atomic mass is 16.6. The molecule has 1 atom stereocenters. The van der Waals surface area contributed by atoms with E-state index in [1.165, 1.54) is 13.2 Å². The zero-order valence-electron chi connectivity index (χ0n) is 7.54. The molecule has 0 aliphatic heterocycles. The van der Waals surface area contributed by atoms with Gasteiger partial charge >= 0.3 is 0 Å². The molecule has 0 bridgehead atoms. The maximum atomic E-state index is 10.8. The Balaban J connectivity index is 3.60. The second kappa shape index (κ2) is 6.61. The van der Waals surface area contributed by atoms with E-state index < -0.39 is 0 Å². The quantitative estimate of drug-likeness (QED) is 0.384. The van der Waals surface area contributed by atoms with E-state index >= 15 is 0 Å². The fourth-order valence-corrected chi connectivity index (χ4v) is 0.621. The summed E-state index contributed by atoms with van der Waals surface area (Å²) < 4.78 is 0. The summed E-state index contributed by atoms with van der Waals surface area (Å²) in [5, 5.41) is 0. The van der Waals surface area contributed by atoms with E-state index in [-0.39, 0.29) is 5.91 Å². The normalized spacial score (nSPS) is 12.8. The Hall–Kier alpha value is -1.09. The molecule has 0 spiro atoms. The number of carbonyl (C=O) groups is 1. The van der Waals surface area contributed by atoms with Crippen molar-refractivity contribution in [3.05, 3.63) is 24.8 Å². The molecule has 12 heavy (non-hydrogen) atoms. The summed E-state index contributed by atoms with van der Waals surface area (Å²) in [5.41, 5.74) is 2.19. The van der Waals surface area contributed by atoms with Gasteiger partial charge in [-0.3, -0.25) is 9.63 Å². The van der Waals surface area contributed by atoms with Crippen molar-refractivity contribution in [3.63, 3.8) is 0 Å². The van der Waals surface area contributed by atoms with Crippen molar-refractivity contribution in [2.45, 2.75) is 13.3 Å². The molecule has 0 aromatic heterocycles. The first-order chi connectivity index (χ1) is 5.70. The van der Waals surface area contributed by atoms with E-state index in [1.807, 2.05) is 13.0 Å². The highest BCUT2D eigenvalue weighted by Gasteiger charge is 1.93. The van der Waals surface area contributed by atoms with Crippen molar-refractivity contribution in [2.24, 2.45) is 5.92 Å². The summed E-state index contributed by atoms with van der Waals surface area (Å²) in [6, 6.07) is 0. The summed E-state index contributed by atoms with van der Waals surface area (Å²) in [7, 11) is 1.40. The minimum Gasteiger partial charge on any atom is -0.277 e. The van der Waals surface area contributed by atoms with Gasteiger partial charge in [-0.15, -0.1) is 6.58 Å². The number of hydrogen-bond acceptors (Lipinski definition) is 2. The molecule has 0 rings (SSSR count). The second-order valence-corrected chi connectivity index (χ2v) is 2.52. The van der Waals surface area contributed by atoms with Gasteiger partial charge < -0.3 is 0 Å². The van der Waals surface area contributed by atoms with Crippen LogP contribution in [0.2, 0.25) is 0 Å². The van der Waals surface area contributed by atoms with Gasteiger partial charge in [0.15, 0.2) is 0 Å². The third kappa shape index (κ3) is 5.68. The molecule has 0 saturated carbocycles. The molecule has 1 N–H and O–H groups in total. The lowest BCUT2D eigenvalue weighted by Gasteiger charge is -1.98. The van der Waals surface area contributed by atoms with Crippen LogP contribution < -0.4 is 5.48 Å². The first-order valence-electron chi connectivity index (χ1n) is 3.82. The lowest BCUT2D eigenvalue weighted by molar-refractivity contribution is -0.126. The van der Waals surface area contributed by atoms with Crippen LogP contribution >= 0.6 is 0 Å². The molecule has 0 fully saturated rings. The van der Waals surface area contributed by atoms with E-state index in [0.29, 0.717) is 5.92 Å². The molecule has 0 radical (unpaired) electrons. The fourth-order valence-electron chi connectivity index (χ4n) is 0.621. The smallest absolute Gasteiger partial charge is 0.267 e. The second-order valence-electron chi connectivity index (χ2n) is 2.52. The fraction of sp³-hybridized carbons (Fsp3) is 0.444. The first kappa shape index (κ1) is 10.9. The molecular weight excluding hydrogens is 154 g/mol. The molecule has 3 nitrogen and oxygen atoms in total. The summed E-state index contributed by atoms with van der Waals surface area (Å²) in [6.45, 7) is 5.67. The van der Waals surface area contributed by atoms with Crippen LogP contribution in [0.25, 0.3) is 0 Å². The number of rotatable bonds is 5. The maximum absolute atomic E-state index is 10.8. The molecule has 0 saturated heterocycles. The lowest BCUT2D eigenvalue weighted by atomic mass is 10.1. The van der Waals surface area contributed by atoms with Gasteiger partial charge in [0.25, 0.3) is 5.91 Å². The number of nitrogens with one attached hydrogen (secondary N) is 1. The predicted molar refractivity (Wildman–Crippen MR) is 48.3 cm³/mol. The lowest BCUT2D eigenvalue weighted by Crippen LogP contribution is -2.18. The van der Waals surface area contributed by atoms with Crippen LogP contribution in [0.5, 0.6) is 0 Å². The van der Waals surface area contributed by atoms with Crippen LogP contribution in [0.3, 0.4) is 0 Å². The highest BCUT2D eigenvalue weighted by molar-refractivity contribution is 5.86. The Kier molecular flexibility index (Phi) is 6.01. The minimum atomic E-state index is -0.242. The molecule has 0 aromatic carbocycles. The van der Waals surface area contributed by atoms with Crippen LogP contribution in [0.1, 0.15) is 13.3 Å². The summed E-state index contributed by atoms with van der Waals surface area (Å²) in [5.74, 6) is 0.158. The van der Waals surface area contributed by atoms with Gasteiger partial charge in [-0.1, -0.05) is 19.1 Å². The maximum Gasteiger partial charge on any atom is 0.267 e. The van der Waals surface area contributed by atoms with Gasteiger partial charge in [-0.2, -0.15) is 0 Å². The Morgan fingerprint density at radius 1 is 1.75 bits per heavy atom. The molecule has 0 heterocycles. The molecule has 3 heteroatoms. The highest BCUT2D eigenvalue weighted by Crippen LogP contribution is 2.02. The van der Waals surface area contributed by atoms with Crippen molar-refractivity contribution in [1.29, 1.82) is 0 Å². The molecular formula is C9H15NO2. The SMILES string of the molecule is C=CC(C)CC=CC(=O)NOC. The molecule has 0 aliphatic rings. The predicted octanol–water partition coefficient (Wildman–Crippen LogP) is 1.43. The monoisotopic (exact) mass is 169 g/mol. The summed E-state index contributed by atoms with van der Waals surface area (Å²) in [6.07, 6.45) is 5.91. The van der Waals surface area contributed by atoms with Crippen LogP contribution in [0.4, 0.5) is 0 Å². The number of hydrogen-bond donors (Lipinski definition) is 1. The standard InChI is InChI=1S/C9H15NO2/c1-4-8(2)6-5-7-9(11)10-12-3/h4-5,7-8H,1,6H2,2-3H3,(H,10,11). The number of allylic oxidation sites excluding steroid dienone is 2. The summed E-state index contributed by atoms with van der Waals surface area (Å²) >= 11 is 0. The van der Waals surface area contributed by atoms with Crippen molar-refractivity contribution < 1.29 is 9.63 Å². The van der Waals surface area contributed by atoms with Crippen molar-refractivity contribution in [3.8, 4) is 0 Å². The van der Waals surface area contributed by atoms with Gasteiger partial charge in [-0.25, -0.2) is 5.48 Å². The van der Waals surface area contributed by atoms with Crippen molar-refractivity contribution in [2.75, 3.05) is 7.11 Å². The topological polar surface area (TPSA) is 38.3 Å². The van der Waals surface area contributed by atoms with Crippen molar-refractivity contribution in [1.82, 2.24) is 5.48 Å². The summed E-state index contributed by atoms with van der Waals surface area (Å²) in [4.78, 5) is 15.2. The Morgan fingerprint density at radius 2 is 2.42 bits per heavy atom. The number of hydroxylamine groups is 1. The molecule has 1 unspecified atom stereocenters. The number of carbonyl (C=O) groups excluding carboxylic acids is 1. The third-order valence-corrected chi connectivity index (χ3v) is 1.38. The van der Waals surface area contributed by atoms with Gasteiger partial charge in [0.05, 0.1) is 7.11 Å². The van der Waals surface area contributed by atoms with Gasteiger partial charge in [0.2, 0.25) is 0 Å². The zero-order valence-corrected chi connectivity index (χ0v) is 7.54. The van der Waals surface area contributed by atoms with Crippen LogP contribution in [-0.2, 0) is 9.63 Å². The van der Waals surface area contributed by atoms with E-state index in [2.05, 4.69) is 16.9 Å². The Morgan fingerprint density at radius 3 is 2.92 bits per heavy atom. The number of amides is 1. The van der Waals surface area contributed by atoms with Crippen molar-refractivity contribution >= 4 is 5.91 Å². The van der Waals surface area contributed by atoms with E-state index in [9.17, 15) is 4.79 Å².